The molecule has 0 atom stereocenters. The van der Waals surface area contributed by atoms with Crippen LogP contribution in [0.5, 0.6) is 0 Å². The largest absolute Gasteiger partial charge is 0.305 e. The van der Waals surface area contributed by atoms with Crippen molar-refractivity contribution < 1.29 is 4.79 Å². The second-order valence-electron chi connectivity index (χ2n) is 8.15. The van der Waals surface area contributed by atoms with Crippen molar-refractivity contribution in [3.63, 3.8) is 0 Å². The first-order chi connectivity index (χ1) is 15.4. The Bertz CT molecular complexity index is 1400. The molecule has 1 aromatic heterocycles. The summed E-state index contributed by atoms with van der Waals surface area (Å²) >= 11 is 6.10. The van der Waals surface area contributed by atoms with E-state index in [0.717, 1.165) is 27.6 Å². The van der Waals surface area contributed by atoms with Gasteiger partial charge in [0.25, 0.3) is 5.56 Å². The van der Waals surface area contributed by atoms with Gasteiger partial charge in [-0.3, -0.25) is 9.59 Å². The van der Waals surface area contributed by atoms with Crippen molar-refractivity contribution in [2.45, 2.75) is 26.8 Å². The van der Waals surface area contributed by atoms with Crippen molar-refractivity contribution in [3.05, 3.63) is 111 Å². The van der Waals surface area contributed by atoms with E-state index >= 15 is 0 Å². The van der Waals surface area contributed by atoms with Crippen LogP contribution in [0.3, 0.4) is 0 Å². The number of pyridine rings is 1. The molecule has 0 spiro atoms. The van der Waals surface area contributed by atoms with Crippen LogP contribution < -0.4 is 5.56 Å². The molecule has 0 radical (unpaired) electrons. The van der Waals surface area contributed by atoms with Crippen molar-refractivity contribution in [2.24, 2.45) is 0 Å². The van der Waals surface area contributed by atoms with E-state index in [2.05, 4.69) is 0 Å². The van der Waals surface area contributed by atoms with Gasteiger partial charge in [-0.15, -0.1) is 0 Å². The number of nitrogens with zero attached hydrogens (tertiary/aromatic N) is 1. The highest BCUT2D eigenvalue weighted by Crippen LogP contribution is 2.32. The summed E-state index contributed by atoms with van der Waals surface area (Å²) in [5.41, 5.74) is 4.12. The number of carbonyl (C=O) groups excluding carboxylic acids is 1. The maximum Gasteiger partial charge on any atom is 0.263 e. The Labute approximate surface area is 192 Å². The first kappa shape index (κ1) is 21.8. The van der Waals surface area contributed by atoms with Gasteiger partial charge in [0.05, 0.1) is 11.1 Å². The number of hydrogen-bond donors (Lipinski definition) is 0. The zero-order valence-electron chi connectivity index (χ0n) is 18.3. The van der Waals surface area contributed by atoms with Crippen LogP contribution in [0.4, 0.5) is 0 Å². The molecule has 0 aliphatic rings. The summed E-state index contributed by atoms with van der Waals surface area (Å²) in [5.74, 6) is -0.318. The second-order valence-corrected chi connectivity index (χ2v) is 8.59. The summed E-state index contributed by atoms with van der Waals surface area (Å²) in [4.78, 5) is 27.2. The molecule has 0 N–H and O–H groups in total. The topological polar surface area (TPSA) is 39.1 Å². The minimum absolute atomic E-state index is 0.0982. The van der Waals surface area contributed by atoms with Gasteiger partial charge in [-0.2, -0.15) is 0 Å². The van der Waals surface area contributed by atoms with Crippen molar-refractivity contribution in [3.8, 4) is 11.1 Å². The highest BCUT2D eigenvalue weighted by molar-refractivity contribution is 6.30. The number of ketones is 1. The predicted octanol–water partition coefficient (Wildman–Crippen LogP) is 7.11. The number of para-hydroxylation sites is 1. The van der Waals surface area contributed by atoms with Gasteiger partial charge in [0, 0.05) is 22.0 Å². The molecule has 4 aromatic rings. The lowest BCUT2D eigenvalue weighted by molar-refractivity contribution is 0.104. The fourth-order valence-electron chi connectivity index (χ4n) is 4.05. The normalized spacial score (nSPS) is 11.5. The van der Waals surface area contributed by atoms with Crippen LogP contribution in [0.1, 0.15) is 41.4 Å². The van der Waals surface area contributed by atoms with Gasteiger partial charge >= 0.3 is 0 Å². The summed E-state index contributed by atoms with van der Waals surface area (Å²) < 4.78 is 1.70. The Hall–Kier alpha value is -3.43. The number of rotatable bonds is 5. The highest BCUT2D eigenvalue weighted by Gasteiger charge is 2.23. The van der Waals surface area contributed by atoms with Crippen LogP contribution >= 0.6 is 11.6 Å². The summed E-state index contributed by atoms with van der Waals surface area (Å²) in [6, 6.07) is 22.7. The van der Waals surface area contributed by atoms with Crippen molar-refractivity contribution >= 4 is 34.4 Å². The molecule has 160 valence electrons. The summed E-state index contributed by atoms with van der Waals surface area (Å²) in [5, 5.41) is 1.45. The van der Waals surface area contributed by atoms with Gasteiger partial charge in [-0.25, -0.2) is 0 Å². The standard InChI is InChI=1S/C28H24ClNO2/c1-18(2)30-24-10-5-4-9-23(24)26(21-12-14-22(29)15-13-21)27(28(30)32)25(31)16-11-20-8-6-7-19(3)17-20/h4-18H,1-3H3/b16-11+. The molecule has 32 heavy (non-hydrogen) atoms. The fraction of sp³-hybridized carbons (Fsp3) is 0.143. The smallest absolute Gasteiger partial charge is 0.263 e. The third kappa shape index (κ3) is 4.17. The zero-order chi connectivity index (χ0) is 22.8. The lowest BCUT2D eigenvalue weighted by Gasteiger charge is -2.19. The molecule has 0 saturated carbocycles. The van der Waals surface area contributed by atoms with Crippen LogP contribution in [0, 0.1) is 6.92 Å². The Morgan fingerprint density at radius 2 is 1.69 bits per heavy atom. The average molecular weight is 442 g/mol. The molecule has 4 rings (SSSR count). The fourth-order valence-corrected chi connectivity index (χ4v) is 4.18. The molecular formula is C28H24ClNO2. The maximum absolute atomic E-state index is 13.7. The minimum Gasteiger partial charge on any atom is -0.305 e. The molecule has 1 heterocycles. The van der Waals surface area contributed by atoms with Gasteiger partial charge in [0.1, 0.15) is 0 Å². The van der Waals surface area contributed by atoms with E-state index in [9.17, 15) is 9.59 Å². The molecule has 0 amide bonds. The SMILES string of the molecule is Cc1cccc(/C=C/C(=O)c2c(-c3ccc(Cl)cc3)c3ccccc3n(C(C)C)c2=O)c1. The summed E-state index contributed by atoms with van der Waals surface area (Å²) in [6.45, 7) is 5.90. The molecule has 4 heteroatoms. The highest BCUT2D eigenvalue weighted by atomic mass is 35.5. The minimum atomic E-state index is -0.318. The van der Waals surface area contributed by atoms with Crippen LogP contribution in [0.2, 0.25) is 5.02 Å². The lowest BCUT2D eigenvalue weighted by Crippen LogP contribution is -2.28. The summed E-state index contributed by atoms with van der Waals surface area (Å²) in [7, 11) is 0. The van der Waals surface area contributed by atoms with E-state index in [1.165, 1.54) is 6.08 Å². The second kappa shape index (κ2) is 8.97. The number of benzene rings is 3. The molecule has 3 nitrogen and oxygen atoms in total. The number of hydrogen-bond acceptors (Lipinski definition) is 2. The van der Waals surface area contributed by atoms with E-state index in [0.29, 0.717) is 10.6 Å². The number of aryl methyl sites for hydroxylation is 1. The summed E-state index contributed by atoms with van der Waals surface area (Å²) in [6.07, 6.45) is 3.25. The number of fused-ring (bicyclic) bond motifs is 1. The van der Waals surface area contributed by atoms with Gasteiger partial charge in [-0.1, -0.05) is 77.8 Å². The number of aromatic nitrogens is 1. The number of carbonyl (C=O) groups is 1. The molecule has 3 aromatic carbocycles. The van der Waals surface area contributed by atoms with Gasteiger partial charge in [0.15, 0.2) is 5.78 Å². The third-order valence-corrected chi connectivity index (χ3v) is 5.73. The first-order valence-electron chi connectivity index (χ1n) is 10.6. The van der Waals surface area contributed by atoms with Gasteiger partial charge in [-0.05, 0) is 56.2 Å². The Balaban J connectivity index is 2.00. The molecule has 0 aliphatic heterocycles. The molecular weight excluding hydrogens is 418 g/mol. The average Bonchev–Trinajstić information content (AvgIpc) is 2.77. The van der Waals surface area contributed by atoms with Crippen molar-refractivity contribution in [2.75, 3.05) is 0 Å². The number of allylic oxidation sites excluding steroid dienone is 1. The van der Waals surface area contributed by atoms with E-state index in [1.807, 2.05) is 81.4 Å². The Morgan fingerprint density at radius 3 is 2.38 bits per heavy atom. The first-order valence-corrected chi connectivity index (χ1v) is 11.0. The molecule has 0 bridgehead atoms. The van der Waals surface area contributed by atoms with Crippen molar-refractivity contribution in [1.29, 1.82) is 0 Å². The molecule has 0 fully saturated rings. The van der Waals surface area contributed by atoms with Crippen LogP contribution in [0.15, 0.2) is 83.7 Å². The van der Waals surface area contributed by atoms with E-state index in [1.54, 1.807) is 22.8 Å². The lowest BCUT2D eigenvalue weighted by atomic mass is 9.93. The van der Waals surface area contributed by atoms with Crippen LogP contribution in [0.25, 0.3) is 28.1 Å². The molecule has 0 saturated heterocycles. The quantitative estimate of drug-likeness (QED) is 0.244. The Kier molecular flexibility index (Phi) is 6.11. The van der Waals surface area contributed by atoms with Gasteiger partial charge in [0.2, 0.25) is 0 Å². The monoisotopic (exact) mass is 441 g/mol. The van der Waals surface area contributed by atoms with Crippen LogP contribution in [-0.2, 0) is 0 Å². The van der Waals surface area contributed by atoms with E-state index in [-0.39, 0.29) is 22.9 Å². The predicted molar refractivity (Wildman–Crippen MR) is 134 cm³/mol. The van der Waals surface area contributed by atoms with E-state index in [4.69, 9.17) is 11.6 Å². The molecule has 0 aliphatic carbocycles. The molecule has 0 unspecified atom stereocenters. The van der Waals surface area contributed by atoms with Crippen LogP contribution in [-0.4, -0.2) is 10.4 Å². The Morgan fingerprint density at radius 1 is 0.969 bits per heavy atom. The third-order valence-electron chi connectivity index (χ3n) is 5.48. The maximum atomic E-state index is 13.7. The zero-order valence-corrected chi connectivity index (χ0v) is 19.1. The van der Waals surface area contributed by atoms with E-state index < -0.39 is 0 Å². The van der Waals surface area contributed by atoms with Crippen molar-refractivity contribution in [1.82, 2.24) is 4.57 Å². The number of halogens is 1. The van der Waals surface area contributed by atoms with Gasteiger partial charge < -0.3 is 4.57 Å².